The number of halogens is 3. The van der Waals surface area contributed by atoms with Crippen LogP contribution in [0.5, 0.6) is 11.6 Å². The lowest BCUT2D eigenvalue weighted by Gasteiger charge is -2.18. The van der Waals surface area contributed by atoms with Crippen molar-refractivity contribution in [3.63, 3.8) is 0 Å². The van der Waals surface area contributed by atoms with E-state index in [2.05, 4.69) is 15.0 Å². The van der Waals surface area contributed by atoms with Gasteiger partial charge in [0.2, 0.25) is 5.88 Å². The van der Waals surface area contributed by atoms with Crippen LogP contribution in [0, 0.1) is 0 Å². The van der Waals surface area contributed by atoms with E-state index in [0.29, 0.717) is 24.6 Å². The van der Waals surface area contributed by atoms with Gasteiger partial charge in [-0.1, -0.05) is 18.2 Å². The fraction of sp³-hybridized carbons (Fsp3) is 0.294. The number of aromatic nitrogens is 1. The summed E-state index contributed by atoms with van der Waals surface area (Å²) in [5.74, 6) is 0.532. The van der Waals surface area contributed by atoms with Gasteiger partial charge in [-0.2, -0.15) is 13.2 Å². The second-order valence-corrected chi connectivity index (χ2v) is 5.30. The number of pyridine rings is 1. The van der Waals surface area contributed by atoms with Crippen molar-refractivity contribution in [3.8, 4) is 11.6 Å². The number of nitrogens with zero attached hydrogens (tertiary/aromatic N) is 2. The number of amides is 2. The van der Waals surface area contributed by atoms with Gasteiger partial charge in [-0.25, -0.2) is 9.78 Å². The number of carbonyl (C=O) groups is 1. The zero-order chi connectivity index (χ0) is 19.0. The van der Waals surface area contributed by atoms with Gasteiger partial charge in [-0.3, -0.25) is 0 Å². The number of carbonyl (C=O) groups excluding carboxylic acids is 1. The highest BCUT2D eigenvalue weighted by Gasteiger charge is 2.28. The zero-order valence-corrected chi connectivity index (χ0v) is 14.0. The first-order chi connectivity index (χ1) is 12.3. The van der Waals surface area contributed by atoms with E-state index in [1.54, 1.807) is 7.05 Å². The summed E-state index contributed by atoms with van der Waals surface area (Å²) < 4.78 is 46.2. The number of rotatable bonds is 7. The van der Waals surface area contributed by atoms with Gasteiger partial charge in [-0.15, -0.1) is 0 Å². The van der Waals surface area contributed by atoms with E-state index >= 15 is 0 Å². The molecule has 6 nitrogen and oxygen atoms in total. The first-order valence-corrected chi connectivity index (χ1v) is 7.69. The number of hydrogen-bond acceptors (Lipinski definition) is 4. The van der Waals surface area contributed by atoms with Crippen LogP contribution in [-0.2, 0) is 0 Å². The highest BCUT2D eigenvalue weighted by atomic mass is 19.4. The van der Waals surface area contributed by atoms with E-state index < -0.39 is 18.8 Å². The molecule has 1 aromatic heterocycles. The third-order valence-electron chi connectivity index (χ3n) is 3.16. The lowest BCUT2D eigenvalue weighted by molar-refractivity contribution is -0.154. The molecule has 0 aliphatic carbocycles. The molecular formula is C17H18F3N3O3. The van der Waals surface area contributed by atoms with E-state index in [4.69, 9.17) is 4.74 Å². The highest BCUT2D eigenvalue weighted by molar-refractivity contribution is 5.88. The molecule has 0 saturated heterocycles. The van der Waals surface area contributed by atoms with Gasteiger partial charge in [-0.05, 0) is 18.2 Å². The summed E-state index contributed by atoms with van der Waals surface area (Å²) in [5, 5.41) is 2.58. The molecule has 1 aromatic carbocycles. The smallest absolute Gasteiger partial charge is 0.422 e. The van der Waals surface area contributed by atoms with E-state index in [9.17, 15) is 18.0 Å². The molecule has 2 rings (SSSR count). The minimum Gasteiger partial charge on any atom is -0.492 e. The van der Waals surface area contributed by atoms with Crippen LogP contribution in [0.2, 0.25) is 0 Å². The number of nitrogens with one attached hydrogen (secondary N) is 1. The second-order valence-electron chi connectivity index (χ2n) is 5.30. The Morgan fingerprint density at radius 3 is 2.50 bits per heavy atom. The first-order valence-electron chi connectivity index (χ1n) is 7.69. The normalized spacial score (nSPS) is 10.9. The lowest BCUT2D eigenvalue weighted by atomic mass is 10.3. The van der Waals surface area contributed by atoms with Crippen molar-refractivity contribution in [2.75, 3.05) is 32.1 Å². The number of hydrogen-bond donors (Lipinski definition) is 1. The fourth-order valence-electron chi connectivity index (χ4n) is 1.83. The van der Waals surface area contributed by atoms with Gasteiger partial charge in [0.25, 0.3) is 0 Å². The largest absolute Gasteiger partial charge is 0.492 e. The quantitative estimate of drug-likeness (QED) is 0.811. The van der Waals surface area contributed by atoms with Crippen LogP contribution in [-0.4, -0.2) is 48.9 Å². The van der Waals surface area contributed by atoms with Crippen molar-refractivity contribution in [1.82, 2.24) is 9.88 Å². The molecule has 9 heteroatoms. The van der Waals surface area contributed by atoms with Gasteiger partial charge >= 0.3 is 12.2 Å². The molecule has 0 unspecified atom stereocenters. The van der Waals surface area contributed by atoms with Crippen LogP contribution >= 0.6 is 0 Å². The maximum absolute atomic E-state index is 12.1. The molecule has 0 aliphatic rings. The Morgan fingerprint density at radius 1 is 1.15 bits per heavy atom. The molecule has 0 radical (unpaired) electrons. The predicted octanol–water partition coefficient (Wildman–Crippen LogP) is 3.57. The molecule has 26 heavy (non-hydrogen) atoms. The van der Waals surface area contributed by atoms with Crippen LogP contribution < -0.4 is 14.8 Å². The van der Waals surface area contributed by atoms with Gasteiger partial charge in [0.1, 0.15) is 12.4 Å². The predicted molar refractivity (Wildman–Crippen MR) is 89.4 cm³/mol. The van der Waals surface area contributed by atoms with Crippen molar-refractivity contribution >= 4 is 11.7 Å². The monoisotopic (exact) mass is 369 g/mol. The Bertz CT molecular complexity index is 694. The number of anilines is 1. The number of likely N-dealkylation sites (N-methyl/N-ethyl adjacent to an activating group) is 1. The van der Waals surface area contributed by atoms with Crippen LogP contribution in [0.25, 0.3) is 0 Å². The number of alkyl halides is 3. The second kappa shape index (κ2) is 8.93. The summed E-state index contributed by atoms with van der Waals surface area (Å²) in [4.78, 5) is 17.2. The van der Waals surface area contributed by atoms with Crippen LogP contribution in [0.4, 0.5) is 23.7 Å². The molecule has 1 heterocycles. The van der Waals surface area contributed by atoms with Gasteiger partial charge in [0.05, 0.1) is 18.4 Å². The molecule has 0 bridgehead atoms. The fourth-order valence-corrected chi connectivity index (χ4v) is 1.83. The molecule has 1 N–H and O–H groups in total. The van der Waals surface area contributed by atoms with Crippen molar-refractivity contribution in [3.05, 3.63) is 48.7 Å². The Kier molecular flexibility index (Phi) is 6.65. The van der Waals surface area contributed by atoms with E-state index in [1.807, 2.05) is 30.3 Å². The highest BCUT2D eigenvalue weighted by Crippen LogP contribution is 2.18. The third-order valence-corrected chi connectivity index (χ3v) is 3.16. The molecule has 140 valence electrons. The summed E-state index contributed by atoms with van der Waals surface area (Å²) in [6.45, 7) is -0.757. The molecule has 0 spiro atoms. The van der Waals surface area contributed by atoms with Crippen molar-refractivity contribution in [2.24, 2.45) is 0 Å². The summed E-state index contributed by atoms with van der Waals surface area (Å²) >= 11 is 0. The molecule has 0 fully saturated rings. The van der Waals surface area contributed by atoms with Crippen LogP contribution in [0.15, 0.2) is 48.7 Å². The standard InChI is InChI=1S/C17H18F3N3O3/c1-23(9-10-25-14-5-3-2-4-6-14)16(24)22-13-7-8-15(21-11-13)26-12-17(18,19)20/h2-8,11H,9-10,12H2,1H3,(H,22,24). The van der Waals surface area contributed by atoms with Crippen molar-refractivity contribution in [2.45, 2.75) is 6.18 Å². The topological polar surface area (TPSA) is 63.7 Å². The van der Waals surface area contributed by atoms with E-state index in [1.165, 1.54) is 23.2 Å². The van der Waals surface area contributed by atoms with Gasteiger partial charge < -0.3 is 19.7 Å². The number of benzene rings is 1. The zero-order valence-electron chi connectivity index (χ0n) is 14.0. The Hall–Kier alpha value is -2.97. The number of ether oxygens (including phenoxy) is 2. The van der Waals surface area contributed by atoms with E-state index in [-0.39, 0.29) is 5.88 Å². The van der Waals surface area contributed by atoms with Crippen LogP contribution in [0.1, 0.15) is 0 Å². The maximum atomic E-state index is 12.1. The summed E-state index contributed by atoms with van der Waals surface area (Å²) in [7, 11) is 1.60. The molecule has 0 saturated carbocycles. The Balaban J connectivity index is 1.75. The molecule has 2 aromatic rings. The van der Waals surface area contributed by atoms with Gasteiger partial charge in [0, 0.05) is 13.1 Å². The van der Waals surface area contributed by atoms with Crippen LogP contribution in [0.3, 0.4) is 0 Å². The Labute approximate surface area is 148 Å². The molecule has 0 atom stereocenters. The third kappa shape index (κ3) is 6.88. The summed E-state index contributed by atoms with van der Waals surface area (Å²) in [6.07, 6.45) is -3.21. The SMILES string of the molecule is CN(CCOc1ccccc1)C(=O)Nc1ccc(OCC(F)(F)F)nc1. The van der Waals surface area contributed by atoms with Crippen molar-refractivity contribution < 1.29 is 27.4 Å². The number of urea groups is 1. The Morgan fingerprint density at radius 2 is 1.88 bits per heavy atom. The summed E-state index contributed by atoms with van der Waals surface area (Å²) in [6, 6.07) is 11.5. The average Bonchev–Trinajstić information content (AvgIpc) is 2.61. The average molecular weight is 369 g/mol. The first kappa shape index (κ1) is 19.4. The molecule has 2 amide bonds. The van der Waals surface area contributed by atoms with Gasteiger partial charge in [0.15, 0.2) is 6.61 Å². The van der Waals surface area contributed by atoms with Crippen molar-refractivity contribution in [1.29, 1.82) is 0 Å². The van der Waals surface area contributed by atoms with E-state index in [0.717, 1.165) is 0 Å². The molecular weight excluding hydrogens is 351 g/mol. The maximum Gasteiger partial charge on any atom is 0.422 e. The minimum absolute atomic E-state index is 0.176. The summed E-state index contributed by atoms with van der Waals surface area (Å²) in [5.41, 5.74) is 0.338. The minimum atomic E-state index is -4.43. The number of para-hydroxylation sites is 1. The molecule has 0 aliphatic heterocycles. The lowest BCUT2D eigenvalue weighted by Crippen LogP contribution is -2.34.